The Kier molecular flexibility index (Phi) is 4.35. The lowest BCUT2D eigenvalue weighted by atomic mass is 10.0. The third kappa shape index (κ3) is 2.69. The summed E-state index contributed by atoms with van der Waals surface area (Å²) in [5, 5.41) is 9.31. The molecule has 2 atom stereocenters. The van der Waals surface area contributed by atoms with Gasteiger partial charge in [-0.15, -0.1) is 0 Å². The van der Waals surface area contributed by atoms with Crippen molar-refractivity contribution in [2.45, 2.75) is 32.3 Å². The summed E-state index contributed by atoms with van der Waals surface area (Å²) in [5.74, 6) is 0.0659. The summed E-state index contributed by atoms with van der Waals surface area (Å²) in [6.45, 7) is 3.63. The highest BCUT2D eigenvalue weighted by Crippen LogP contribution is 2.15. The van der Waals surface area contributed by atoms with Crippen LogP contribution in [0.25, 0.3) is 0 Å². The molecule has 1 saturated heterocycles. The van der Waals surface area contributed by atoms with Gasteiger partial charge in [-0.2, -0.15) is 0 Å². The molecule has 1 unspecified atom stereocenters. The highest BCUT2D eigenvalue weighted by molar-refractivity contribution is 5.79. The summed E-state index contributed by atoms with van der Waals surface area (Å²) >= 11 is 0. The quantitative estimate of drug-likeness (QED) is 0.669. The van der Waals surface area contributed by atoms with E-state index in [9.17, 15) is 9.90 Å². The van der Waals surface area contributed by atoms with Crippen molar-refractivity contribution in [1.29, 1.82) is 0 Å². The zero-order chi connectivity index (χ0) is 10.6. The number of β-amino-alcohol motifs (C(OH)–C–C–N with tert-alkyl or cyclic N) is 1. The molecule has 0 saturated carbocycles. The molecule has 0 radical (unpaired) electrons. The fourth-order valence-electron chi connectivity index (χ4n) is 1.89. The molecular weight excluding hydrogens is 180 g/mol. The molecule has 0 aromatic carbocycles. The Balaban J connectivity index is 2.45. The van der Waals surface area contributed by atoms with Gasteiger partial charge in [0.15, 0.2) is 0 Å². The third-order valence-corrected chi connectivity index (χ3v) is 2.75. The Morgan fingerprint density at radius 3 is 2.86 bits per heavy atom. The molecule has 0 aliphatic carbocycles. The van der Waals surface area contributed by atoms with Crippen LogP contribution in [0.3, 0.4) is 0 Å². The maximum absolute atomic E-state index is 11.8. The van der Waals surface area contributed by atoms with Gasteiger partial charge < -0.3 is 15.7 Å². The normalized spacial score (nSPS) is 23.9. The molecule has 1 fully saturated rings. The summed E-state index contributed by atoms with van der Waals surface area (Å²) in [4.78, 5) is 13.6. The molecule has 1 amide bonds. The first-order valence-electron chi connectivity index (χ1n) is 5.36. The van der Waals surface area contributed by atoms with Crippen molar-refractivity contribution in [2.24, 2.45) is 11.7 Å². The van der Waals surface area contributed by atoms with Gasteiger partial charge in [0.1, 0.15) is 0 Å². The van der Waals surface area contributed by atoms with Crippen molar-refractivity contribution >= 4 is 5.91 Å². The first kappa shape index (κ1) is 11.5. The first-order chi connectivity index (χ1) is 6.69. The van der Waals surface area contributed by atoms with Crippen LogP contribution in [0.2, 0.25) is 0 Å². The molecule has 4 nitrogen and oxygen atoms in total. The van der Waals surface area contributed by atoms with Crippen molar-refractivity contribution in [3.63, 3.8) is 0 Å². The van der Waals surface area contributed by atoms with Gasteiger partial charge in [-0.3, -0.25) is 4.79 Å². The molecule has 0 spiro atoms. The van der Waals surface area contributed by atoms with Crippen LogP contribution in [0.1, 0.15) is 26.2 Å². The molecule has 1 rings (SSSR count). The minimum Gasteiger partial charge on any atom is -0.391 e. The Bertz CT molecular complexity index is 191. The number of amides is 1. The molecule has 14 heavy (non-hydrogen) atoms. The van der Waals surface area contributed by atoms with E-state index in [1.807, 2.05) is 0 Å². The predicted octanol–water partition coefficient (Wildman–Crippen LogP) is -0.0454. The summed E-state index contributed by atoms with van der Waals surface area (Å²) in [7, 11) is 0. The molecule has 1 aliphatic rings. The summed E-state index contributed by atoms with van der Waals surface area (Å²) in [6, 6.07) is 0. The van der Waals surface area contributed by atoms with Gasteiger partial charge >= 0.3 is 0 Å². The van der Waals surface area contributed by atoms with Crippen LogP contribution in [0.4, 0.5) is 0 Å². The monoisotopic (exact) mass is 200 g/mol. The van der Waals surface area contributed by atoms with Crippen LogP contribution in [-0.2, 0) is 4.79 Å². The van der Waals surface area contributed by atoms with E-state index in [0.29, 0.717) is 26.1 Å². The van der Waals surface area contributed by atoms with Crippen LogP contribution in [-0.4, -0.2) is 41.7 Å². The molecule has 0 aromatic rings. The number of rotatable bonds is 4. The fraction of sp³-hybridized carbons (Fsp3) is 0.900. The molecule has 1 aliphatic heterocycles. The van der Waals surface area contributed by atoms with E-state index in [-0.39, 0.29) is 17.9 Å². The maximum Gasteiger partial charge on any atom is 0.227 e. The molecule has 82 valence electrons. The largest absolute Gasteiger partial charge is 0.391 e. The van der Waals surface area contributed by atoms with Gasteiger partial charge in [-0.1, -0.05) is 13.3 Å². The Morgan fingerprint density at radius 1 is 1.71 bits per heavy atom. The van der Waals surface area contributed by atoms with E-state index in [2.05, 4.69) is 6.92 Å². The first-order valence-corrected chi connectivity index (χ1v) is 5.36. The number of likely N-dealkylation sites (tertiary alicyclic amines) is 1. The second kappa shape index (κ2) is 5.32. The van der Waals surface area contributed by atoms with Crippen LogP contribution < -0.4 is 5.73 Å². The highest BCUT2D eigenvalue weighted by Gasteiger charge is 2.28. The smallest absolute Gasteiger partial charge is 0.227 e. The number of nitrogens with two attached hydrogens (primary N) is 1. The second-order valence-corrected chi connectivity index (χ2v) is 3.95. The number of nitrogens with zero attached hydrogens (tertiary/aromatic N) is 1. The topological polar surface area (TPSA) is 66.6 Å². The lowest BCUT2D eigenvalue weighted by Crippen LogP contribution is -2.38. The van der Waals surface area contributed by atoms with Gasteiger partial charge in [0, 0.05) is 19.6 Å². The van der Waals surface area contributed by atoms with E-state index < -0.39 is 0 Å². The number of aliphatic hydroxyl groups excluding tert-OH is 1. The second-order valence-electron chi connectivity index (χ2n) is 3.95. The average Bonchev–Trinajstić information content (AvgIpc) is 2.60. The van der Waals surface area contributed by atoms with Gasteiger partial charge in [-0.05, 0) is 12.8 Å². The number of carbonyl (C=O) groups excluding carboxylic acids is 1. The molecular formula is C10H20N2O2. The van der Waals surface area contributed by atoms with Crippen LogP contribution in [0, 0.1) is 5.92 Å². The van der Waals surface area contributed by atoms with Crippen LogP contribution in [0.5, 0.6) is 0 Å². The minimum atomic E-state index is -0.334. The van der Waals surface area contributed by atoms with Gasteiger partial charge in [0.2, 0.25) is 5.91 Å². The number of hydrogen-bond donors (Lipinski definition) is 2. The van der Waals surface area contributed by atoms with Crippen molar-refractivity contribution in [3.05, 3.63) is 0 Å². The number of carbonyl (C=O) groups is 1. The maximum atomic E-state index is 11.8. The summed E-state index contributed by atoms with van der Waals surface area (Å²) in [6.07, 6.45) is 2.19. The van der Waals surface area contributed by atoms with Crippen molar-refractivity contribution < 1.29 is 9.90 Å². The standard InChI is InChI=1S/C10H20N2O2/c1-2-3-8(6-11)10(14)12-5-4-9(13)7-12/h8-9,13H,2-7,11H2,1H3/t8?,9-/m1/s1. The van der Waals surface area contributed by atoms with E-state index in [1.54, 1.807) is 4.90 Å². The third-order valence-electron chi connectivity index (χ3n) is 2.75. The van der Waals surface area contributed by atoms with Crippen LogP contribution >= 0.6 is 0 Å². The van der Waals surface area contributed by atoms with E-state index in [0.717, 1.165) is 12.8 Å². The average molecular weight is 200 g/mol. The van der Waals surface area contributed by atoms with Crippen LogP contribution in [0.15, 0.2) is 0 Å². The predicted molar refractivity (Wildman–Crippen MR) is 54.7 cm³/mol. The zero-order valence-corrected chi connectivity index (χ0v) is 8.78. The Hall–Kier alpha value is -0.610. The minimum absolute atomic E-state index is 0.0506. The highest BCUT2D eigenvalue weighted by atomic mass is 16.3. The molecule has 0 aromatic heterocycles. The lowest BCUT2D eigenvalue weighted by Gasteiger charge is -2.21. The molecule has 0 bridgehead atoms. The summed E-state index contributed by atoms with van der Waals surface area (Å²) < 4.78 is 0. The van der Waals surface area contributed by atoms with E-state index in [1.165, 1.54) is 0 Å². The SMILES string of the molecule is CCCC(CN)C(=O)N1CC[C@@H](O)C1. The van der Waals surface area contributed by atoms with Crippen molar-refractivity contribution in [1.82, 2.24) is 4.90 Å². The lowest BCUT2D eigenvalue weighted by molar-refractivity contribution is -0.134. The van der Waals surface area contributed by atoms with E-state index in [4.69, 9.17) is 5.73 Å². The van der Waals surface area contributed by atoms with Gasteiger partial charge in [-0.25, -0.2) is 0 Å². The Labute approximate surface area is 85.1 Å². The number of hydrogen-bond acceptors (Lipinski definition) is 3. The van der Waals surface area contributed by atoms with Gasteiger partial charge in [0.25, 0.3) is 0 Å². The molecule has 3 N–H and O–H groups in total. The fourth-order valence-corrected chi connectivity index (χ4v) is 1.89. The van der Waals surface area contributed by atoms with Crippen molar-refractivity contribution in [3.8, 4) is 0 Å². The molecule has 1 heterocycles. The van der Waals surface area contributed by atoms with E-state index >= 15 is 0 Å². The van der Waals surface area contributed by atoms with Crippen molar-refractivity contribution in [2.75, 3.05) is 19.6 Å². The van der Waals surface area contributed by atoms with Gasteiger partial charge in [0.05, 0.1) is 12.0 Å². The number of aliphatic hydroxyl groups is 1. The Morgan fingerprint density at radius 2 is 2.43 bits per heavy atom. The summed E-state index contributed by atoms with van der Waals surface area (Å²) in [5.41, 5.74) is 5.55. The molecule has 4 heteroatoms. The zero-order valence-electron chi connectivity index (χ0n) is 8.78.